The van der Waals surface area contributed by atoms with Gasteiger partial charge in [-0.2, -0.15) is 4.42 Å². The number of aromatic hydroxyl groups is 3. The maximum atomic E-state index is 11.9. The lowest BCUT2D eigenvalue weighted by Crippen LogP contribution is -2.02. The van der Waals surface area contributed by atoms with E-state index in [1.807, 2.05) is 218 Å². The summed E-state index contributed by atoms with van der Waals surface area (Å²) < 4.78 is 45.9. The van der Waals surface area contributed by atoms with Crippen LogP contribution < -0.4 is 0 Å². The van der Waals surface area contributed by atoms with Crippen LogP contribution in [0.5, 0.6) is 17.2 Å². The van der Waals surface area contributed by atoms with E-state index in [2.05, 4.69) is 0 Å². The van der Waals surface area contributed by atoms with Gasteiger partial charge in [-0.05, 0) is 69.8 Å². The predicted molar refractivity (Wildman–Crippen MR) is 263 cm³/mol. The molecule has 1 aromatic heterocycles. The molecule has 0 saturated heterocycles. The molecule has 9 aromatic carbocycles. The third-order valence-corrected chi connectivity index (χ3v) is 11.2. The number of halogens is 4. The van der Waals surface area contributed by atoms with Crippen LogP contribution in [0.25, 0.3) is 101 Å². The van der Waals surface area contributed by atoms with Crippen molar-refractivity contribution in [3.05, 3.63) is 218 Å². The Bertz CT molecular complexity index is 2800. The van der Waals surface area contributed by atoms with E-state index in [0.717, 1.165) is 33.4 Å². The Balaban J connectivity index is 0.00000110. The van der Waals surface area contributed by atoms with Crippen molar-refractivity contribution in [2.45, 2.75) is 0 Å². The quantitative estimate of drug-likeness (QED) is 0.0758. The minimum absolute atomic E-state index is 0.128. The second-order valence-corrected chi connectivity index (χ2v) is 15.7. The summed E-state index contributed by atoms with van der Waals surface area (Å²) in [6.45, 7) is 0. The fourth-order valence-corrected chi connectivity index (χ4v) is 8.04. The number of phenolic OH excluding ortho intramolecular Hbond substituents is 3. The molecule has 1 heterocycles. The minimum Gasteiger partial charge on any atom is -0.507 e. The molecule has 0 fully saturated rings. The first-order chi connectivity index (χ1) is 33.0. The first-order valence-electron chi connectivity index (χ1n) is 21.5. The zero-order chi connectivity index (χ0) is 47.2. The summed E-state index contributed by atoms with van der Waals surface area (Å²) in [6.07, 6.45) is 0. The standard InChI is InChI=1S/C57H38N2O4.BF4/c60-52-46(37-19-7-1-8-20-37)31-43(32-47(52)38-21-9-2-10-22-38)55-58-56(44-33-48(39-23-11-3-12-24-39)53(61)49(34-44)40-25-13-4-14-26-40)63-57(59-55)45-35-50(41-27-15-5-16-28-41)54(62)51(36-45)42-29-17-6-18-30-42;2-1(3,4)5/h1-36H,(H2-,58,59,60,61,62);/q;-1/p+1. The molecule has 0 radical (unpaired) electrons. The molecule has 0 aliphatic carbocycles. The molecule has 0 saturated carbocycles. The van der Waals surface area contributed by atoms with Crippen LogP contribution in [0.4, 0.5) is 17.3 Å². The van der Waals surface area contributed by atoms with Gasteiger partial charge in [0.15, 0.2) is 5.82 Å². The lowest BCUT2D eigenvalue weighted by atomic mass is 9.93. The molecule has 332 valence electrons. The fourth-order valence-electron chi connectivity index (χ4n) is 8.04. The van der Waals surface area contributed by atoms with E-state index in [-0.39, 0.29) is 29.0 Å². The summed E-state index contributed by atoms with van der Waals surface area (Å²) in [5.74, 6) is 1.22. The molecule has 68 heavy (non-hydrogen) atoms. The van der Waals surface area contributed by atoms with Gasteiger partial charge in [0.25, 0.3) is 0 Å². The number of hydrogen-bond acceptors (Lipinski definition) is 5. The van der Waals surface area contributed by atoms with E-state index in [1.165, 1.54) is 0 Å². The number of phenols is 3. The van der Waals surface area contributed by atoms with Crippen LogP contribution >= 0.6 is 0 Å². The highest BCUT2D eigenvalue weighted by molar-refractivity contribution is 6.50. The molecule has 10 rings (SSSR count). The van der Waals surface area contributed by atoms with Gasteiger partial charge in [-0.1, -0.05) is 182 Å². The van der Waals surface area contributed by atoms with Crippen molar-refractivity contribution in [1.82, 2.24) is 9.97 Å². The molecule has 0 aliphatic heterocycles. The summed E-state index contributed by atoms with van der Waals surface area (Å²) in [5, 5.41) is 35.8. The average Bonchev–Trinajstić information content (AvgIpc) is 3.37. The Morgan fingerprint density at radius 2 is 0.485 bits per heavy atom. The van der Waals surface area contributed by atoms with Crippen LogP contribution in [0.15, 0.2) is 223 Å². The Labute approximate surface area is 389 Å². The Kier molecular flexibility index (Phi) is 12.6. The van der Waals surface area contributed by atoms with Crippen molar-refractivity contribution in [3.63, 3.8) is 0 Å². The molecule has 0 atom stereocenters. The van der Waals surface area contributed by atoms with Crippen molar-refractivity contribution in [3.8, 4) is 118 Å². The largest absolute Gasteiger partial charge is 0.673 e. The predicted octanol–water partition coefficient (Wildman–Crippen LogP) is 15.8. The zero-order valence-corrected chi connectivity index (χ0v) is 36.0. The van der Waals surface area contributed by atoms with Crippen LogP contribution in [-0.2, 0) is 0 Å². The Morgan fingerprint density at radius 3 is 0.691 bits per heavy atom. The molecule has 6 nitrogen and oxygen atoms in total. The SMILES string of the molecule is F[B-](F)(F)F.Oc1c(-c2ccccc2)cc(-c2nc(-c3cc(-c4ccccc4)c(O)c(-c4ccccc4)c3)[o+]c(-c3cc(-c4ccccc4)c(O)c(-c4ccccc4)c3)n2)cc1-c1ccccc1. The molecule has 0 amide bonds. The van der Waals surface area contributed by atoms with Gasteiger partial charge in [0, 0.05) is 38.9 Å². The second-order valence-electron chi connectivity index (χ2n) is 15.7. The summed E-state index contributed by atoms with van der Waals surface area (Å²) in [5.41, 5.74) is 10.4. The van der Waals surface area contributed by atoms with E-state index in [4.69, 9.17) is 14.4 Å². The topological polar surface area (TPSA) is 97.8 Å². The van der Waals surface area contributed by atoms with Gasteiger partial charge in [-0.3, -0.25) is 0 Å². The number of benzene rings is 9. The van der Waals surface area contributed by atoms with E-state index in [0.29, 0.717) is 55.9 Å². The molecule has 0 unspecified atom stereocenters. The van der Waals surface area contributed by atoms with E-state index in [1.54, 1.807) is 0 Å². The van der Waals surface area contributed by atoms with Crippen LogP contribution in [0.1, 0.15) is 0 Å². The first-order valence-corrected chi connectivity index (χ1v) is 21.5. The maximum absolute atomic E-state index is 11.9. The maximum Gasteiger partial charge on any atom is 0.673 e. The molecular formula is C57H39BF4N2O4. The highest BCUT2D eigenvalue weighted by atomic mass is 19.5. The summed E-state index contributed by atoms with van der Waals surface area (Å²) in [6, 6.07) is 69.8. The molecule has 0 aliphatic rings. The van der Waals surface area contributed by atoms with E-state index < -0.39 is 7.25 Å². The molecule has 11 heteroatoms. The van der Waals surface area contributed by atoms with Crippen LogP contribution in [0.3, 0.4) is 0 Å². The van der Waals surface area contributed by atoms with Gasteiger partial charge < -0.3 is 32.6 Å². The van der Waals surface area contributed by atoms with Gasteiger partial charge in [-0.25, -0.2) is 0 Å². The van der Waals surface area contributed by atoms with Crippen molar-refractivity contribution in [2.24, 2.45) is 0 Å². The van der Waals surface area contributed by atoms with Gasteiger partial charge in [0.05, 0.1) is 0 Å². The van der Waals surface area contributed by atoms with Gasteiger partial charge in [0.2, 0.25) is 0 Å². The van der Waals surface area contributed by atoms with E-state index >= 15 is 0 Å². The number of aromatic nitrogens is 2. The minimum atomic E-state index is -6.00. The fraction of sp³-hybridized carbons (Fsp3) is 0. The monoisotopic (exact) mass is 902 g/mol. The number of rotatable bonds is 9. The molecule has 3 N–H and O–H groups in total. The lowest BCUT2D eigenvalue weighted by Gasteiger charge is -2.14. The third-order valence-electron chi connectivity index (χ3n) is 11.2. The summed E-state index contributed by atoms with van der Waals surface area (Å²) >= 11 is 0. The van der Waals surface area contributed by atoms with Crippen molar-refractivity contribution in [2.75, 3.05) is 0 Å². The Hall–Kier alpha value is -8.83. The van der Waals surface area contributed by atoms with Gasteiger partial charge in [-0.15, -0.1) is 9.97 Å². The zero-order valence-electron chi connectivity index (χ0n) is 36.0. The molecule has 10 aromatic rings. The average molecular weight is 903 g/mol. The molecular weight excluding hydrogens is 863 g/mol. The lowest BCUT2D eigenvalue weighted by molar-refractivity contribution is 0.368. The van der Waals surface area contributed by atoms with Crippen molar-refractivity contribution < 1.29 is 37.0 Å². The van der Waals surface area contributed by atoms with Crippen LogP contribution in [-0.4, -0.2) is 32.5 Å². The normalized spacial score (nSPS) is 11.1. The van der Waals surface area contributed by atoms with Gasteiger partial charge in [0.1, 0.15) is 28.4 Å². The highest BCUT2D eigenvalue weighted by Gasteiger charge is 2.30. The molecule has 0 spiro atoms. The smallest absolute Gasteiger partial charge is 0.507 e. The first kappa shape index (κ1) is 44.4. The van der Waals surface area contributed by atoms with Crippen LogP contribution in [0.2, 0.25) is 0 Å². The third kappa shape index (κ3) is 9.87. The summed E-state index contributed by atoms with van der Waals surface area (Å²) in [4.78, 5) is 10.4. The van der Waals surface area contributed by atoms with Crippen molar-refractivity contribution >= 4 is 7.25 Å². The van der Waals surface area contributed by atoms with Crippen LogP contribution in [0, 0.1) is 0 Å². The van der Waals surface area contributed by atoms with Crippen molar-refractivity contribution in [1.29, 1.82) is 0 Å². The highest BCUT2D eigenvalue weighted by Crippen LogP contribution is 2.46. The van der Waals surface area contributed by atoms with Gasteiger partial charge >= 0.3 is 19.0 Å². The number of hydrogen-bond donors (Lipinski definition) is 3. The number of nitrogens with zero attached hydrogens (tertiary/aromatic N) is 2. The van der Waals surface area contributed by atoms with E-state index in [9.17, 15) is 32.6 Å². The summed E-state index contributed by atoms with van der Waals surface area (Å²) in [7, 11) is -6.00. The molecule has 0 bridgehead atoms. The second kappa shape index (κ2) is 19.3. The Morgan fingerprint density at radius 1 is 0.294 bits per heavy atom.